The van der Waals surface area contributed by atoms with Gasteiger partial charge in [0.15, 0.2) is 0 Å². The van der Waals surface area contributed by atoms with Crippen molar-refractivity contribution in [3.63, 3.8) is 0 Å². The largest absolute Gasteiger partial charge is 0.338 e. The van der Waals surface area contributed by atoms with Gasteiger partial charge in [-0.3, -0.25) is 0 Å². The molecule has 1 N–H and O–H groups in total. The van der Waals surface area contributed by atoms with E-state index in [1.165, 1.54) is 5.39 Å². The fourth-order valence-electron chi connectivity index (χ4n) is 2.40. The third-order valence-corrected chi connectivity index (χ3v) is 3.41. The molecule has 1 saturated heterocycles. The van der Waals surface area contributed by atoms with Crippen LogP contribution in [0.5, 0.6) is 0 Å². The zero-order chi connectivity index (χ0) is 12.4. The van der Waals surface area contributed by atoms with Crippen molar-refractivity contribution in [2.45, 2.75) is 13.3 Å². The molecular weight excluding hydrogens is 224 g/mol. The molecule has 2 aromatic rings. The van der Waals surface area contributed by atoms with Gasteiger partial charge < -0.3 is 10.2 Å². The van der Waals surface area contributed by atoms with Crippen molar-refractivity contribution in [2.75, 3.05) is 31.1 Å². The number of rotatable bonds is 2. The zero-order valence-corrected chi connectivity index (χ0v) is 10.7. The van der Waals surface area contributed by atoms with E-state index in [4.69, 9.17) is 9.97 Å². The first-order chi connectivity index (χ1) is 8.88. The minimum absolute atomic E-state index is 0.882. The summed E-state index contributed by atoms with van der Waals surface area (Å²) in [5, 5.41) is 4.53. The van der Waals surface area contributed by atoms with Gasteiger partial charge in [0.05, 0.1) is 11.2 Å². The predicted octanol–water partition coefficient (Wildman–Crippen LogP) is 1.60. The van der Waals surface area contributed by atoms with E-state index in [2.05, 4.69) is 35.3 Å². The lowest BCUT2D eigenvalue weighted by atomic mass is 10.1. The molecule has 3 rings (SSSR count). The molecule has 1 aromatic heterocycles. The first-order valence-corrected chi connectivity index (χ1v) is 6.60. The highest BCUT2D eigenvalue weighted by Gasteiger charge is 2.15. The van der Waals surface area contributed by atoms with Crippen LogP contribution in [0.3, 0.4) is 0 Å². The lowest BCUT2D eigenvalue weighted by Crippen LogP contribution is -2.44. The second kappa shape index (κ2) is 4.90. The van der Waals surface area contributed by atoms with E-state index in [1.54, 1.807) is 0 Å². The van der Waals surface area contributed by atoms with Gasteiger partial charge in [-0.05, 0) is 12.5 Å². The summed E-state index contributed by atoms with van der Waals surface area (Å²) < 4.78 is 0. The van der Waals surface area contributed by atoms with Crippen molar-refractivity contribution in [1.29, 1.82) is 0 Å². The molecule has 1 aromatic carbocycles. The SMILES string of the molecule is CCc1nc(N2CCNCC2)nc2ccccc12. The molecule has 1 aliphatic heterocycles. The monoisotopic (exact) mass is 242 g/mol. The van der Waals surface area contributed by atoms with Gasteiger partial charge in [-0.15, -0.1) is 0 Å². The number of aryl methyl sites for hydroxylation is 1. The van der Waals surface area contributed by atoms with Gasteiger partial charge in [-0.2, -0.15) is 0 Å². The van der Waals surface area contributed by atoms with Crippen molar-refractivity contribution in [1.82, 2.24) is 15.3 Å². The lowest BCUT2D eigenvalue weighted by molar-refractivity contribution is 0.580. The van der Waals surface area contributed by atoms with E-state index < -0.39 is 0 Å². The van der Waals surface area contributed by atoms with Crippen molar-refractivity contribution in [3.8, 4) is 0 Å². The average Bonchev–Trinajstić information content (AvgIpc) is 2.47. The van der Waals surface area contributed by atoms with Crippen LogP contribution in [-0.2, 0) is 6.42 Å². The van der Waals surface area contributed by atoms with E-state index in [9.17, 15) is 0 Å². The number of aromatic nitrogens is 2. The van der Waals surface area contributed by atoms with Gasteiger partial charge in [-0.25, -0.2) is 9.97 Å². The molecule has 0 aliphatic carbocycles. The van der Waals surface area contributed by atoms with Crippen molar-refractivity contribution in [3.05, 3.63) is 30.0 Å². The van der Waals surface area contributed by atoms with Gasteiger partial charge in [0.2, 0.25) is 5.95 Å². The molecule has 0 saturated carbocycles. The Morgan fingerprint density at radius 2 is 1.94 bits per heavy atom. The predicted molar refractivity (Wildman–Crippen MR) is 74.0 cm³/mol. The van der Waals surface area contributed by atoms with E-state index in [0.717, 1.165) is 49.8 Å². The Morgan fingerprint density at radius 3 is 2.72 bits per heavy atom. The summed E-state index contributed by atoms with van der Waals surface area (Å²) in [4.78, 5) is 11.7. The summed E-state index contributed by atoms with van der Waals surface area (Å²) in [6.07, 6.45) is 0.947. The molecule has 0 atom stereocenters. The van der Waals surface area contributed by atoms with Gasteiger partial charge in [0.1, 0.15) is 0 Å². The molecule has 0 unspecified atom stereocenters. The van der Waals surface area contributed by atoms with E-state index >= 15 is 0 Å². The summed E-state index contributed by atoms with van der Waals surface area (Å²) in [5.74, 6) is 0.882. The van der Waals surface area contributed by atoms with Crippen LogP contribution in [-0.4, -0.2) is 36.1 Å². The molecule has 1 aliphatic rings. The Balaban J connectivity index is 2.07. The van der Waals surface area contributed by atoms with Crippen LogP contribution in [0.2, 0.25) is 0 Å². The third kappa shape index (κ3) is 2.04. The first kappa shape index (κ1) is 11.4. The highest BCUT2D eigenvalue weighted by molar-refractivity contribution is 5.82. The minimum atomic E-state index is 0.882. The highest BCUT2D eigenvalue weighted by Crippen LogP contribution is 2.20. The Morgan fingerprint density at radius 1 is 1.17 bits per heavy atom. The summed E-state index contributed by atoms with van der Waals surface area (Å²) in [7, 11) is 0. The smallest absolute Gasteiger partial charge is 0.226 e. The van der Waals surface area contributed by atoms with Gasteiger partial charge >= 0.3 is 0 Å². The second-order valence-electron chi connectivity index (χ2n) is 4.58. The number of nitrogens with zero attached hydrogens (tertiary/aromatic N) is 3. The highest BCUT2D eigenvalue weighted by atomic mass is 15.3. The molecule has 0 spiro atoms. The minimum Gasteiger partial charge on any atom is -0.338 e. The second-order valence-corrected chi connectivity index (χ2v) is 4.58. The van der Waals surface area contributed by atoms with Crippen LogP contribution in [0, 0.1) is 0 Å². The number of para-hydroxylation sites is 1. The van der Waals surface area contributed by atoms with E-state index in [1.807, 2.05) is 6.07 Å². The maximum Gasteiger partial charge on any atom is 0.226 e. The maximum absolute atomic E-state index is 4.73. The van der Waals surface area contributed by atoms with Crippen molar-refractivity contribution >= 4 is 16.9 Å². The summed E-state index contributed by atoms with van der Waals surface area (Å²) in [5.41, 5.74) is 2.20. The summed E-state index contributed by atoms with van der Waals surface area (Å²) >= 11 is 0. The number of hydrogen-bond acceptors (Lipinski definition) is 4. The molecule has 94 valence electrons. The zero-order valence-electron chi connectivity index (χ0n) is 10.7. The molecule has 4 nitrogen and oxygen atoms in total. The van der Waals surface area contributed by atoms with Crippen LogP contribution in [0.25, 0.3) is 10.9 Å². The molecule has 2 heterocycles. The number of nitrogens with one attached hydrogen (secondary N) is 1. The third-order valence-electron chi connectivity index (χ3n) is 3.41. The number of piperazine rings is 1. The molecular formula is C14H18N4. The normalized spacial score (nSPS) is 16.2. The van der Waals surface area contributed by atoms with Crippen LogP contribution in [0.4, 0.5) is 5.95 Å². The quantitative estimate of drug-likeness (QED) is 0.868. The molecule has 0 radical (unpaired) electrons. The van der Waals surface area contributed by atoms with Crippen molar-refractivity contribution in [2.24, 2.45) is 0 Å². The van der Waals surface area contributed by atoms with Crippen molar-refractivity contribution < 1.29 is 0 Å². The molecule has 4 heteroatoms. The fourth-order valence-corrected chi connectivity index (χ4v) is 2.40. The Labute approximate surface area is 107 Å². The number of benzene rings is 1. The molecule has 18 heavy (non-hydrogen) atoms. The summed E-state index contributed by atoms with van der Waals surface area (Å²) in [6, 6.07) is 8.27. The first-order valence-electron chi connectivity index (χ1n) is 6.60. The Kier molecular flexibility index (Phi) is 3.11. The maximum atomic E-state index is 4.73. The van der Waals surface area contributed by atoms with Crippen LogP contribution in [0.1, 0.15) is 12.6 Å². The van der Waals surface area contributed by atoms with E-state index in [0.29, 0.717) is 0 Å². The molecule has 1 fully saturated rings. The van der Waals surface area contributed by atoms with Gasteiger partial charge in [0, 0.05) is 31.6 Å². The van der Waals surface area contributed by atoms with Crippen LogP contribution in [0.15, 0.2) is 24.3 Å². The van der Waals surface area contributed by atoms with E-state index in [-0.39, 0.29) is 0 Å². The lowest BCUT2D eigenvalue weighted by Gasteiger charge is -2.27. The Bertz CT molecular complexity index is 546. The van der Waals surface area contributed by atoms with Crippen LogP contribution >= 0.6 is 0 Å². The van der Waals surface area contributed by atoms with Crippen LogP contribution < -0.4 is 10.2 Å². The average molecular weight is 242 g/mol. The topological polar surface area (TPSA) is 41.1 Å². The number of anilines is 1. The van der Waals surface area contributed by atoms with Gasteiger partial charge in [-0.1, -0.05) is 25.1 Å². The standard InChI is InChI=1S/C14H18N4/c1-2-12-11-5-3-4-6-13(11)17-14(16-12)18-9-7-15-8-10-18/h3-6,15H,2,7-10H2,1H3. The molecule has 0 bridgehead atoms. The number of hydrogen-bond donors (Lipinski definition) is 1. The Hall–Kier alpha value is -1.68. The fraction of sp³-hybridized carbons (Fsp3) is 0.429. The molecule has 0 amide bonds. The number of fused-ring (bicyclic) bond motifs is 1. The summed E-state index contributed by atoms with van der Waals surface area (Å²) in [6.45, 7) is 6.15. The van der Waals surface area contributed by atoms with Gasteiger partial charge in [0.25, 0.3) is 0 Å².